The van der Waals surface area contributed by atoms with Crippen LogP contribution >= 0.6 is 22.9 Å². The third-order valence-corrected chi connectivity index (χ3v) is 8.13. The zero-order valence-electron chi connectivity index (χ0n) is 21.1. The van der Waals surface area contributed by atoms with Crippen LogP contribution in [0.2, 0.25) is 5.02 Å². The average molecular weight is 544 g/mol. The third kappa shape index (κ3) is 4.60. The highest BCUT2D eigenvalue weighted by molar-refractivity contribution is 7.22. The van der Waals surface area contributed by atoms with Crippen molar-refractivity contribution in [2.45, 2.75) is 26.7 Å². The number of esters is 1. The lowest BCUT2D eigenvalue weighted by Crippen LogP contribution is -2.20. The maximum atomic E-state index is 12.5. The molecule has 7 nitrogen and oxygen atoms in total. The van der Waals surface area contributed by atoms with Gasteiger partial charge in [0.05, 0.1) is 29.4 Å². The minimum atomic E-state index is -0.248. The summed E-state index contributed by atoms with van der Waals surface area (Å²) in [6, 6.07) is 11.7. The molecule has 0 unspecified atom stereocenters. The first kappa shape index (κ1) is 24.7. The first-order chi connectivity index (χ1) is 18.5. The predicted octanol–water partition coefficient (Wildman–Crippen LogP) is 6.12. The summed E-state index contributed by atoms with van der Waals surface area (Å²) in [6.07, 6.45) is 7.17. The van der Waals surface area contributed by atoms with Crippen LogP contribution in [0.5, 0.6) is 0 Å². The summed E-state index contributed by atoms with van der Waals surface area (Å²) < 4.78 is 8.11. The lowest BCUT2D eigenvalue weighted by Gasteiger charge is -2.14. The molecule has 0 bridgehead atoms. The second-order valence-electron chi connectivity index (χ2n) is 9.23. The van der Waals surface area contributed by atoms with Gasteiger partial charge in [-0.25, -0.2) is 14.5 Å². The molecule has 0 aliphatic carbocycles. The van der Waals surface area contributed by atoms with Gasteiger partial charge in [0.15, 0.2) is 5.65 Å². The first-order valence-electron chi connectivity index (χ1n) is 12.6. The zero-order valence-corrected chi connectivity index (χ0v) is 22.7. The highest BCUT2D eigenvalue weighted by Crippen LogP contribution is 2.41. The van der Waals surface area contributed by atoms with E-state index < -0.39 is 0 Å². The molecule has 5 aromatic rings. The van der Waals surface area contributed by atoms with Crippen molar-refractivity contribution in [2.75, 3.05) is 19.7 Å². The number of nitrogens with zero attached hydrogens (tertiary/aromatic N) is 4. The van der Waals surface area contributed by atoms with Crippen LogP contribution in [0.25, 0.3) is 43.3 Å². The van der Waals surface area contributed by atoms with Crippen molar-refractivity contribution >= 4 is 50.3 Å². The molecular weight excluding hydrogens is 518 g/mol. The number of carbonyl (C=O) groups excluding carboxylic acids is 1. The second kappa shape index (κ2) is 10.3. The fraction of sp³-hybridized carbons (Fsp3) is 0.241. The number of thiazole rings is 1. The molecule has 9 heteroatoms. The summed E-state index contributed by atoms with van der Waals surface area (Å²) in [5, 5.41) is 9.35. The van der Waals surface area contributed by atoms with Crippen LogP contribution in [-0.2, 0) is 16.0 Å². The summed E-state index contributed by atoms with van der Waals surface area (Å²) in [5.74, 6) is -0.248. The first-order valence-corrected chi connectivity index (χ1v) is 13.8. The third-order valence-electron chi connectivity index (χ3n) is 6.77. The number of halogens is 1. The Bertz CT molecular complexity index is 1700. The summed E-state index contributed by atoms with van der Waals surface area (Å²) in [5.41, 5.74) is 8.71. The lowest BCUT2D eigenvalue weighted by molar-refractivity contribution is -0.142. The molecule has 1 N–H and O–H groups in total. The summed E-state index contributed by atoms with van der Waals surface area (Å²) in [7, 11) is 0. The molecule has 1 aliphatic rings. The van der Waals surface area contributed by atoms with Crippen LogP contribution in [0.1, 0.15) is 30.0 Å². The number of hydrogen-bond donors (Lipinski definition) is 1. The van der Waals surface area contributed by atoms with Crippen molar-refractivity contribution in [3.05, 3.63) is 76.6 Å². The number of nitrogens with one attached hydrogen (secondary N) is 1. The van der Waals surface area contributed by atoms with E-state index in [-0.39, 0.29) is 12.4 Å². The van der Waals surface area contributed by atoms with E-state index in [4.69, 9.17) is 26.3 Å². The van der Waals surface area contributed by atoms with Gasteiger partial charge >= 0.3 is 5.97 Å². The van der Waals surface area contributed by atoms with Crippen LogP contribution in [0, 0.1) is 6.92 Å². The molecule has 0 saturated heterocycles. The SMILES string of the molecule is CCOC(=O)Cc1c(C)cc2nc(-c3ccn4ncc(C5=CCNCC5)c4n3)sc2c1-c1ccc(Cl)cc1. The van der Waals surface area contributed by atoms with Crippen molar-refractivity contribution in [3.63, 3.8) is 0 Å². The molecule has 2 aromatic carbocycles. The Kier molecular flexibility index (Phi) is 6.69. The van der Waals surface area contributed by atoms with Gasteiger partial charge in [-0.05, 0) is 73.3 Å². The van der Waals surface area contributed by atoms with Crippen molar-refractivity contribution in [2.24, 2.45) is 0 Å². The molecule has 0 radical (unpaired) electrons. The number of benzene rings is 2. The number of aromatic nitrogens is 4. The van der Waals surface area contributed by atoms with Crippen molar-refractivity contribution in [1.29, 1.82) is 0 Å². The zero-order chi connectivity index (χ0) is 26.2. The molecule has 3 aromatic heterocycles. The topological polar surface area (TPSA) is 81.4 Å². The molecule has 38 heavy (non-hydrogen) atoms. The predicted molar refractivity (Wildman–Crippen MR) is 153 cm³/mol. The number of ether oxygens (including phenoxy) is 1. The van der Waals surface area contributed by atoms with Gasteiger partial charge in [-0.1, -0.05) is 29.8 Å². The molecule has 4 heterocycles. The minimum Gasteiger partial charge on any atom is -0.466 e. The van der Waals surface area contributed by atoms with Crippen LogP contribution < -0.4 is 5.32 Å². The summed E-state index contributed by atoms with van der Waals surface area (Å²) >= 11 is 7.78. The van der Waals surface area contributed by atoms with Crippen LogP contribution in [-0.4, -0.2) is 45.2 Å². The Hall–Kier alpha value is -3.59. The van der Waals surface area contributed by atoms with Crippen LogP contribution in [0.3, 0.4) is 0 Å². The maximum Gasteiger partial charge on any atom is 0.310 e. The van der Waals surface area contributed by atoms with Gasteiger partial charge in [0.1, 0.15) is 10.7 Å². The van der Waals surface area contributed by atoms with Crippen molar-refractivity contribution in [3.8, 4) is 21.8 Å². The van der Waals surface area contributed by atoms with E-state index in [1.54, 1.807) is 11.3 Å². The molecule has 0 spiro atoms. The van der Waals surface area contributed by atoms with Gasteiger partial charge in [-0.2, -0.15) is 5.10 Å². The van der Waals surface area contributed by atoms with Gasteiger partial charge in [-0.15, -0.1) is 11.3 Å². The van der Waals surface area contributed by atoms with E-state index in [0.29, 0.717) is 11.6 Å². The quantitative estimate of drug-likeness (QED) is 0.260. The fourth-order valence-corrected chi connectivity index (χ4v) is 6.17. The Balaban J connectivity index is 1.51. The van der Waals surface area contributed by atoms with Gasteiger partial charge < -0.3 is 10.1 Å². The number of hydrogen-bond acceptors (Lipinski definition) is 7. The molecule has 192 valence electrons. The van der Waals surface area contributed by atoms with E-state index in [0.717, 1.165) is 73.9 Å². The molecule has 0 fully saturated rings. The Labute approximate surface area is 229 Å². The monoisotopic (exact) mass is 543 g/mol. The summed E-state index contributed by atoms with van der Waals surface area (Å²) in [6.45, 7) is 5.98. The van der Waals surface area contributed by atoms with E-state index >= 15 is 0 Å². The van der Waals surface area contributed by atoms with Crippen molar-refractivity contribution in [1.82, 2.24) is 24.9 Å². The second-order valence-corrected chi connectivity index (χ2v) is 10.7. The lowest BCUT2D eigenvalue weighted by atomic mass is 9.93. The average Bonchev–Trinajstić information content (AvgIpc) is 3.54. The Morgan fingerprint density at radius 3 is 2.82 bits per heavy atom. The van der Waals surface area contributed by atoms with E-state index in [1.165, 1.54) is 5.57 Å². The van der Waals surface area contributed by atoms with E-state index in [9.17, 15) is 4.79 Å². The summed E-state index contributed by atoms with van der Waals surface area (Å²) in [4.78, 5) is 22.5. The smallest absolute Gasteiger partial charge is 0.310 e. The molecular formula is C29H26ClN5O2S. The van der Waals surface area contributed by atoms with E-state index in [1.807, 2.05) is 67.2 Å². The number of carbonyl (C=O) groups is 1. The number of rotatable bonds is 6. The molecule has 0 atom stereocenters. The highest BCUT2D eigenvalue weighted by atomic mass is 35.5. The standard InChI is InChI=1S/C29H26ClN5O2S/c1-3-37-25(36)15-21-17(2)14-24-27(26(21)19-4-6-20(30)7-5-19)38-29(34-24)23-10-13-35-28(33-23)22(16-32-35)18-8-11-31-12-9-18/h4-8,10,13-14,16,31H,3,9,11-12,15H2,1-2H3. The van der Waals surface area contributed by atoms with Crippen LogP contribution in [0.15, 0.2) is 54.9 Å². The van der Waals surface area contributed by atoms with Gasteiger partial charge in [-0.3, -0.25) is 4.79 Å². The van der Waals surface area contributed by atoms with Gasteiger partial charge in [0.25, 0.3) is 0 Å². The fourth-order valence-electron chi connectivity index (χ4n) is 4.93. The largest absolute Gasteiger partial charge is 0.466 e. The highest BCUT2D eigenvalue weighted by Gasteiger charge is 2.21. The molecule has 1 aliphatic heterocycles. The normalized spacial score (nSPS) is 13.7. The Morgan fingerprint density at radius 1 is 1.21 bits per heavy atom. The minimum absolute atomic E-state index is 0.189. The maximum absolute atomic E-state index is 12.5. The van der Waals surface area contributed by atoms with Gasteiger partial charge in [0, 0.05) is 28.9 Å². The number of aryl methyl sites for hydroxylation is 1. The Morgan fingerprint density at radius 2 is 2.05 bits per heavy atom. The van der Waals surface area contributed by atoms with E-state index in [2.05, 4.69) is 16.5 Å². The molecule has 6 rings (SSSR count). The van der Waals surface area contributed by atoms with Crippen LogP contribution in [0.4, 0.5) is 0 Å². The van der Waals surface area contributed by atoms with Crippen molar-refractivity contribution < 1.29 is 9.53 Å². The number of fused-ring (bicyclic) bond motifs is 2. The molecule has 0 amide bonds. The molecule has 0 saturated carbocycles. The van der Waals surface area contributed by atoms with Gasteiger partial charge in [0.2, 0.25) is 0 Å².